The van der Waals surface area contributed by atoms with Crippen LogP contribution in [0.1, 0.15) is 25.3 Å². The molecule has 0 fully saturated rings. The van der Waals surface area contributed by atoms with Gasteiger partial charge in [-0.1, -0.05) is 37.0 Å². The summed E-state index contributed by atoms with van der Waals surface area (Å²) in [5.41, 5.74) is 6.48. The van der Waals surface area contributed by atoms with E-state index < -0.39 is 12.0 Å². The molecule has 5 nitrogen and oxygen atoms in total. The third-order valence-electron chi connectivity index (χ3n) is 2.79. The van der Waals surface area contributed by atoms with Gasteiger partial charge in [-0.3, -0.25) is 9.59 Å². The first-order chi connectivity index (χ1) is 10.0. The maximum Gasteiger partial charge on any atom is 0.305 e. The molecule has 0 aromatic heterocycles. The van der Waals surface area contributed by atoms with Crippen LogP contribution >= 0.6 is 0 Å². The molecule has 0 unspecified atom stereocenters. The Morgan fingerprint density at radius 3 is 2.57 bits per heavy atom. The van der Waals surface area contributed by atoms with Crippen LogP contribution in [-0.4, -0.2) is 41.0 Å². The lowest BCUT2D eigenvalue weighted by Gasteiger charge is -2.22. The Hall–Kier alpha value is -2.32. The number of hydrogen-bond acceptors (Lipinski definition) is 3. The molecule has 0 saturated carbocycles. The van der Waals surface area contributed by atoms with E-state index in [-0.39, 0.29) is 18.9 Å². The molecular weight excluding hydrogens is 268 g/mol. The van der Waals surface area contributed by atoms with Crippen molar-refractivity contribution in [1.82, 2.24) is 4.90 Å². The fourth-order valence-corrected chi connectivity index (χ4v) is 1.81. The minimum absolute atomic E-state index is 0.245. The molecule has 0 spiro atoms. The molecule has 0 aliphatic carbocycles. The van der Waals surface area contributed by atoms with Crippen molar-refractivity contribution in [3.05, 3.63) is 35.9 Å². The van der Waals surface area contributed by atoms with Gasteiger partial charge < -0.3 is 15.7 Å². The SMILES string of the molecule is CCCN(CC#Cc1ccccc1)C(=O)[C@@H](N)CC(=O)O. The van der Waals surface area contributed by atoms with Gasteiger partial charge in [-0.25, -0.2) is 0 Å². The molecule has 21 heavy (non-hydrogen) atoms. The lowest BCUT2D eigenvalue weighted by molar-refractivity contribution is -0.141. The highest BCUT2D eigenvalue weighted by Crippen LogP contribution is 2.00. The number of carboxylic acid groups (broad SMARTS) is 1. The van der Waals surface area contributed by atoms with Gasteiger partial charge in [0.15, 0.2) is 0 Å². The van der Waals surface area contributed by atoms with Crippen molar-refractivity contribution in [2.45, 2.75) is 25.8 Å². The quantitative estimate of drug-likeness (QED) is 0.767. The molecule has 0 saturated heterocycles. The van der Waals surface area contributed by atoms with E-state index >= 15 is 0 Å². The van der Waals surface area contributed by atoms with Crippen molar-refractivity contribution in [2.24, 2.45) is 5.73 Å². The number of aliphatic carboxylic acids is 1. The summed E-state index contributed by atoms with van der Waals surface area (Å²) in [6, 6.07) is 8.43. The molecule has 1 atom stereocenters. The summed E-state index contributed by atoms with van der Waals surface area (Å²) in [4.78, 5) is 24.2. The van der Waals surface area contributed by atoms with E-state index in [0.717, 1.165) is 12.0 Å². The van der Waals surface area contributed by atoms with E-state index in [1.165, 1.54) is 4.90 Å². The molecule has 0 aliphatic rings. The molecule has 5 heteroatoms. The van der Waals surface area contributed by atoms with Crippen LogP contribution in [0, 0.1) is 11.8 Å². The van der Waals surface area contributed by atoms with E-state index in [1.54, 1.807) is 0 Å². The number of carbonyl (C=O) groups is 2. The predicted molar refractivity (Wildman–Crippen MR) is 80.4 cm³/mol. The van der Waals surface area contributed by atoms with Gasteiger partial charge in [-0.05, 0) is 18.6 Å². The van der Waals surface area contributed by atoms with Crippen molar-refractivity contribution < 1.29 is 14.7 Å². The molecule has 1 amide bonds. The number of rotatable bonds is 6. The number of amides is 1. The Kier molecular flexibility index (Phi) is 6.99. The van der Waals surface area contributed by atoms with E-state index in [9.17, 15) is 9.59 Å². The predicted octanol–water partition coefficient (Wildman–Crippen LogP) is 1.08. The molecule has 0 radical (unpaired) electrons. The summed E-state index contributed by atoms with van der Waals surface area (Å²) in [5, 5.41) is 8.69. The summed E-state index contributed by atoms with van der Waals surface area (Å²) in [7, 11) is 0. The zero-order valence-corrected chi connectivity index (χ0v) is 12.1. The van der Waals surface area contributed by atoms with Crippen molar-refractivity contribution >= 4 is 11.9 Å². The maximum absolute atomic E-state index is 12.1. The molecule has 0 aliphatic heterocycles. The summed E-state index contributed by atoms with van der Waals surface area (Å²) in [6.07, 6.45) is 0.393. The van der Waals surface area contributed by atoms with E-state index in [0.29, 0.717) is 6.54 Å². The third kappa shape index (κ3) is 6.11. The Bertz CT molecular complexity index is 531. The van der Waals surface area contributed by atoms with Gasteiger partial charge >= 0.3 is 5.97 Å². The molecule has 112 valence electrons. The average molecular weight is 288 g/mol. The minimum Gasteiger partial charge on any atom is -0.481 e. The molecule has 1 rings (SSSR count). The van der Waals surface area contributed by atoms with Crippen LogP contribution in [-0.2, 0) is 9.59 Å². The first-order valence-corrected chi connectivity index (χ1v) is 6.84. The number of nitrogens with zero attached hydrogens (tertiary/aromatic N) is 1. The summed E-state index contributed by atoms with van der Waals surface area (Å²) in [6.45, 7) is 2.69. The number of hydrogen-bond donors (Lipinski definition) is 2. The zero-order valence-electron chi connectivity index (χ0n) is 12.1. The van der Waals surface area contributed by atoms with Gasteiger partial charge in [0.1, 0.15) is 0 Å². The van der Waals surface area contributed by atoms with E-state index in [4.69, 9.17) is 10.8 Å². The van der Waals surface area contributed by atoms with Crippen molar-refractivity contribution in [2.75, 3.05) is 13.1 Å². The smallest absolute Gasteiger partial charge is 0.305 e. The topological polar surface area (TPSA) is 83.6 Å². The van der Waals surface area contributed by atoms with Crippen LogP contribution in [0.2, 0.25) is 0 Å². The van der Waals surface area contributed by atoms with Crippen LogP contribution in [0.3, 0.4) is 0 Å². The van der Waals surface area contributed by atoms with Gasteiger partial charge in [-0.15, -0.1) is 0 Å². The lowest BCUT2D eigenvalue weighted by atomic mass is 10.2. The molecular formula is C16H20N2O3. The van der Waals surface area contributed by atoms with Crippen molar-refractivity contribution in [1.29, 1.82) is 0 Å². The fraction of sp³-hybridized carbons (Fsp3) is 0.375. The fourth-order valence-electron chi connectivity index (χ4n) is 1.81. The zero-order chi connectivity index (χ0) is 15.7. The maximum atomic E-state index is 12.1. The highest BCUT2D eigenvalue weighted by Gasteiger charge is 2.22. The second kappa shape index (κ2) is 8.77. The minimum atomic E-state index is -1.08. The van der Waals surface area contributed by atoms with Gasteiger partial charge in [-0.2, -0.15) is 0 Å². The third-order valence-corrected chi connectivity index (χ3v) is 2.79. The summed E-state index contributed by atoms with van der Waals surface area (Å²) >= 11 is 0. The molecule has 1 aromatic carbocycles. The lowest BCUT2D eigenvalue weighted by Crippen LogP contribution is -2.45. The van der Waals surface area contributed by atoms with Gasteiger partial charge in [0.25, 0.3) is 0 Å². The van der Waals surface area contributed by atoms with Gasteiger partial charge in [0.05, 0.1) is 19.0 Å². The average Bonchev–Trinajstić information content (AvgIpc) is 2.46. The van der Waals surface area contributed by atoms with Crippen LogP contribution in [0.5, 0.6) is 0 Å². The number of carbonyl (C=O) groups excluding carboxylic acids is 1. The number of carboxylic acids is 1. The monoisotopic (exact) mass is 288 g/mol. The highest BCUT2D eigenvalue weighted by atomic mass is 16.4. The van der Waals surface area contributed by atoms with E-state index in [1.807, 2.05) is 37.3 Å². The molecule has 0 heterocycles. The number of benzene rings is 1. The summed E-state index contributed by atoms with van der Waals surface area (Å²) < 4.78 is 0. The first-order valence-electron chi connectivity index (χ1n) is 6.84. The molecule has 3 N–H and O–H groups in total. The summed E-state index contributed by atoms with van der Waals surface area (Å²) in [5.74, 6) is 4.44. The highest BCUT2D eigenvalue weighted by molar-refractivity contribution is 5.86. The van der Waals surface area contributed by atoms with Crippen molar-refractivity contribution in [3.63, 3.8) is 0 Å². The van der Waals surface area contributed by atoms with Crippen LogP contribution in [0.15, 0.2) is 30.3 Å². The van der Waals surface area contributed by atoms with E-state index in [2.05, 4.69) is 11.8 Å². The van der Waals surface area contributed by atoms with Gasteiger partial charge in [0, 0.05) is 12.1 Å². The molecule has 0 bridgehead atoms. The first kappa shape index (κ1) is 16.7. The number of nitrogens with two attached hydrogens (primary N) is 1. The Morgan fingerprint density at radius 2 is 2.00 bits per heavy atom. The largest absolute Gasteiger partial charge is 0.481 e. The van der Waals surface area contributed by atoms with Crippen molar-refractivity contribution in [3.8, 4) is 11.8 Å². The molecule has 1 aromatic rings. The second-order valence-corrected chi connectivity index (χ2v) is 4.63. The van der Waals surface area contributed by atoms with Crippen LogP contribution in [0.25, 0.3) is 0 Å². The van der Waals surface area contributed by atoms with Crippen LogP contribution in [0.4, 0.5) is 0 Å². The Morgan fingerprint density at radius 1 is 1.33 bits per heavy atom. The Labute approximate surface area is 124 Å². The van der Waals surface area contributed by atoms with Crippen LogP contribution < -0.4 is 5.73 Å². The van der Waals surface area contributed by atoms with Gasteiger partial charge in [0.2, 0.25) is 5.91 Å². The standard InChI is InChI=1S/C16H20N2O3/c1-2-10-18(16(21)14(17)12-15(19)20)11-6-9-13-7-4-3-5-8-13/h3-5,7-8,14H,2,10-12,17H2,1H3,(H,19,20)/t14-/m0/s1. The Balaban J connectivity index is 2.67. The normalized spacial score (nSPS) is 11.1. The second-order valence-electron chi connectivity index (χ2n) is 4.63.